The Bertz CT molecular complexity index is 415. The third-order valence-electron chi connectivity index (χ3n) is 3.46. The molecular formula is C15H20Br2O2. The summed E-state index contributed by atoms with van der Waals surface area (Å²) >= 11 is 7.07. The molecule has 1 fully saturated rings. The largest absolute Gasteiger partial charge is 0.490 e. The van der Waals surface area contributed by atoms with E-state index in [0.717, 1.165) is 27.9 Å². The maximum Gasteiger partial charge on any atom is 0.175 e. The van der Waals surface area contributed by atoms with Gasteiger partial charge in [0.25, 0.3) is 0 Å². The van der Waals surface area contributed by atoms with E-state index in [4.69, 9.17) is 9.47 Å². The predicted molar refractivity (Wildman–Crippen MR) is 85.4 cm³/mol. The average molecular weight is 392 g/mol. The van der Waals surface area contributed by atoms with E-state index < -0.39 is 0 Å². The molecule has 0 saturated heterocycles. The monoisotopic (exact) mass is 390 g/mol. The minimum absolute atomic E-state index is 0.651. The molecule has 106 valence electrons. The van der Waals surface area contributed by atoms with Gasteiger partial charge in [0.05, 0.1) is 17.7 Å². The van der Waals surface area contributed by atoms with Crippen molar-refractivity contribution in [3.05, 3.63) is 22.2 Å². The zero-order valence-electron chi connectivity index (χ0n) is 11.3. The van der Waals surface area contributed by atoms with Crippen LogP contribution in [0.1, 0.15) is 38.2 Å². The summed E-state index contributed by atoms with van der Waals surface area (Å²) in [5, 5.41) is 0.814. The van der Waals surface area contributed by atoms with Gasteiger partial charge in [-0.05, 0) is 59.3 Å². The Morgan fingerprint density at radius 2 is 1.95 bits per heavy atom. The predicted octanol–water partition coefficient (Wildman–Crippen LogP) is 5.31. The molecule has 1 aromatic carbocycles. The van der Waals surface area contributed by atoms with Crippen LogP contribution in [-0.4, -0.2) is 13.2 Å². The summed E-state index contributed by atoms with van der Waals surface area (Å²) in [5.41, 5.74) is 1.18. The molecule has 0 spiro atoms. The number of halogens is 2. The van der Waals surface area contributed by atoms with E-state index in [0.29, 0.717) is 12.5 Å². The highest BCUT2D eigenvalue weighted by atomic mass is 79.9. The molecule has 2 nitrogen and oxygen atoms in total. The second-order valence-corrected chi connectivity index (χ2v) is 6.35. The lowest BCUT2D eigenvalue weighted by atomic mass is 10.1. The zero-order chi connectivity index (χ0) is 13.7. The highest BCUT2D eigenvalue weighted by molar-refractivity contribution is 9.10. The topological polar surface area (TPSA) is 18.5 Å². The van der Waals surface area contributed by atoms with Crippen LogP contribution in [0.15, 0.2) is 16.6 Å². The average Bonchev–Trinajstić information content (AvgIpc) is 2.91. The second-order valence-electron chi connectivity index (χ2n) is 4.93. The lowest BCUT2D eigenvalue weighted by molar-refractivity contribution is 0.233. The first-order valence-electron chi connectivity index (χ1n) is 6.88. The van der Waals surface area contributed by atoms with E-state index >= 15 is 0 Å². The molecule has 0 N–H and O–H groups in total. The van der Waals surface area contributed by atoms with E-state index in [-0.39, 0.29) is 0 Å². The molecule has 2 rings (SSSR count). The van der Waals surface area contributed by atoms with Crippen molar-refractivity contribution in [1.82, 2.24) is 0 Å². The quantitative estimate of drug-likeness (QED) is 0.611. The molecule has 0 aliphatic heterocycles. The van der Waals surface area contributed by atoms with Crippen LogP contribution in [0.4, 0.5) is 0 Å². The minimum atomic E-state index is 0.651. The van der Waals surface area contributed by atoms with Crippen LogP contribution in [0, 0.1) is 5.92 Å². The third-order valence-corrected chi connectivity index (χ3v) is 4.70. The molecule has 0 amide bonds. The van der Waals surface area contributed by atoms with E-state index in [2.05, 4.69) is 37.9 Å². The van der Waals surface area contributed by atoms with Gasteiger partial charge in [0.2, 0.25) is 0 Å². The molecule has 0 radical (unpaired) electrons. The van der Waals surface area contributed by atoms with Crippen molar-refractivity contribution in [3.8, 4) is 11.5 Å². The molecule has 0 bridgehead atoms. The first kappa shape index (κ1) is 15.2. The highest BCUT2D eigenvalue weighted by Gasteiger charge is 2.18. The molecule has 1 aliphatic rings. The Morgan fingerprint density at radius 1 is 1.21 bits per heavy atom. The number of alkyl halides is 1. The van der Waals surface area contributed by atoms with Crippen molar-refractivity contribution in [1.29, 1.82) is 0 Å². The second kappa shape index (κ2) is 7.53. The molecule has 0 aromatic heterocycles. The van der Waals surface area contributed by atoms with Crippen molar-refractivity contribution >= 4 is 31.9 Å². The van der Waals surface area contributed by atoms with Gasteiger partial charge in [-0.2, -0.15) is 0 Å². The molecule has 4 heteroatoms. The normalized spacial score (nSPS) is 15.7. The Balaban J connectivity index is 2.11. The SMILES string of the molecule is CCOc1cc(CBr)cc(Br)c1OCC1CCCC1. The van der Waals surface area contributed by atoms with Crippen LogP contribution < -0.4 is 9.47 Å². The van der Waals surface area contributed by atoms with Crippen LogP contribution in [-0.2, 0) is 5.33 Å². The maximum atomic E-state index is 6.02. The summed E-state index contributed by atoms with van der Waals surface area (Å²) in [5.74, 6) is 2.39. The van der Waals surface area contributed by atoms with Gasteiger partial charge in [0.1, 0.15) is 0 Å². The van der Waals surface area contributed by atoms with Gasteiger partial charge >= 0.3 is 0 Å². The summed E-state index contributed by atoms with van der Waals surface area (Å²) in [7, 11) is 0. The van der Waals surface area contributed by atoms with Crippen LogP contribution in [0.5, 0.6) is 11.5 Å². The Morgan fingerprint density at radius 3 is 2.58 bits per heavy atom. The van der Waals surface area contributed by atoms with Gasteiger partial charge in [0.15, 0.2) is 11.5 Å². The Labute approximate surface area is 132 Å². The smallest absolute Gasteiger partial charge is 0.175 e. The fourth-order valence-electron chi connectivity index (χ4n) is 2.48. The lowest BCUT2D eigenvalue weighted by Crippen LogP contribution is -2.09. The molecule has 0 atom stereocenters. The van der Waals surface area contributed by atoms with Crippen molar-refractivity contribution in [2.75, 3.05) is 13.2 Å². The van der Waals surface area contributed by atoms with E-state index in [1.807, 2.05) is 13.0 Å². The maximum absolute atomic E-state index is 6.02. The van der Waals surface area contributed by atoms with Crippen molar-refractivity contribution in [3.63, 3.8) is 0 Å². The number of benzene rings is 1. The number of hydrogen-bond acceptors (Lipinski definition) is 2. The molecule has 1 aromatic rings. The van der Waals surface area contributed by atoms with Gasteiger partial charge in [-0.3, -0.25) is 0 Å². The lowest BCUT2D eigenvalue weighted by Gasteiger charge is -2.17. The summed E-state index contributed by atoms with van der Waals surface area (Å²) in [6.45, 7) is 3.44. The van der Waals surface area contributed by atoms with Gasteiger partial charge < -0.3 is 9.47 Å². The number of hydrogen-bond donors (Lipinski definition) is 0. The van der Waals surface area contributed by atoms with E-state index in [9.17, 15) is 0 Å². The van der Waals surface area contributed by atoms with Crippen molar-refractivity contribution < 1.29 is 9.47 Å². The van der Waals surface area contributed by atoms with Gasteiger partial charge in [-0.1, -0.05) is 28.8 Å². The van der Waals surface area contributed by atoms with E-state index in [1.165, 1.54) is 31.2 Å². The first-order chi connectivity index (χ1) is 9.24. The van der Waals surface area contributed by atoms with Crippen LogP contribution in [0.2, 0.25) is 0 Å². The number of rotatable bonds is 6. The summed E-state index contributed by atoms with van der Waals surface area (Å²) in [6.07, 6.45) is 5.27. The fraction of sp³-hybridized carbons (Fsp3) is 0.600. The molecule has 1 saturated carbocycles. The highest BCUT2D eigenvalue weighted by Crippen LogP contribution is 2.38. The van der Waals surface area contributed by atoms with Crippen LogP contribution in [0.25, 0.3) is 0 Å². The molecule has 1 aliphatic carbocycles. The van der Waals surface area contributed by atoms with Crippen LogP contribution in [0.3, 0.4) is 0 Å². The summed E-state index contributed by atoms with van der Waals surface area (Å²) < 4.78 is 12.7. The fourth-order valence-corrected chi connectivity index (χ4v) is 3.41. The molecule has 0 heterocycles. The van der Waals surface area contributed by atoms with Gasteiger partial charge in [-0.15, -0.1) is 0 Å². The molecular weight excluding hydrogens is 372 g/mol. The van der Waals surface area contributed by atoms with Crippen molar-refractivity contribution in [2.24, 2.45) is 5.92 Å². The molecule has 19 heavy (non-hydrogen) atoms. The standard InChI is InChI=1S/C15H20Br2O2/c1-2-18-14-8-12(9-16)7-13(17)15(14)19-10-11-5-3-4-6-11/h7-8,11H,2-6,9-10H2,1H3. The first-order valence-corrected chi connectivity index (χ1v) is 8.80. The molecule has 0 unspecified atom stereocenters. The third kappa shape index (κ3) is 4.12. The van der Waals surface area contributed by atoms with Crippen LogP contribution >= 0.6 is 31.9 Å². The Hall–Kier alpha value is -0.220. The zero-order valence-corrected chi connectivity index (χ0v) is 14.4. The van der Waals surface area contributed by atoms with Gasteiger partial charge in [-0.25, -0.2) is 0 Å². The Kier molecular flexibility index (Phi) is 6.02. The summed E-state index contributed by atoms with van der Waals surface area (Å²) in [4.78, 5) is 0. The number of ether oxygens (including phenoxy) is 2. The van der Waals surface area contributed by atoms with Gasteiger partial charge in [0, 0.05) is 5.33 Å². The summed E-state index contributed by atoms with van der Waals surface area (Å²) in [6, 6.07) is 4.13. The van der Waals surface area contributed by atoms with E-state index in [1.54, 1.807) is 0 Å². The van der Waals surface area contributed by atoms with Crippen molar-refractivity contribution in [2.45, 2.75) is 37.9 Å². The minimum Gasteiger partial charge on any atom is -0.490 e.